The van der Waals surface area contributed by atoms with Gasteiger partial charge in [0, 0.05) is 44.6 Å². The van der Waals surface area contributed by atoms with Crippen molar-refractivity contribution in [2.24, 2.45) is 4.99 Å². The van der Waals surface area contributed by atoms with Crippen molar-refractivity contribution in [2.75, 3.05) is 49.1 Å². The Morgan fingerprint density at radius 3 is 2.50 bits per heavy atom. The Morgan fingerprint density at radius 1 is 1.13 bits per heavy atom. The molecular weight excluding hydrogens is 494 g/mol. The minimum atomic E-state index is -0.206. The average Bonchev–Trinajstić information content (AvgIpc) is 2.76. The van der Waals surface area contributed by atoms with Crippen molar-refractivity contribution in [2.45, 2.75) is 13.5 Å². The SMILES string of the molecule is C#CCNC(=NCc1ccnc(N2CCN(c3ccc(F)cc3)CC2)c1)NCC.I. The first-order valence-electron chi connectivity index (χ1n) is 9.85. The van der Waals surface area contributed by atoms with Crippen LogP contribution in [0.2, 0.25) is 0 Å². The maximum Gasteiger partial charge on any atom is 0.192 e. The number of benzene rings is 1. The van der Waals surface area contributed by atoms with E-state index in [9.17, 15) is 4.39 Å². The van der Waals surface area contributed by atoms with E-state index in [4.69, 9.17) is 6.42 Å². The summed E-state index contributed by atoms with van der Waals surface area (Å²) in [5, 5.41) is 6.27. The van der Waals surface area contributed by atoms with Crippen LogP contribution in [0.5, 0.6) is 0 Å². The summed E-state index contributed by atoms with van der Waals surface area (Å²) in [6.45, 7) is 7.25. The largest absolute Gasteiger partial charge is 0.368 e. The van der Waals surface area contributed by atoms with Crippen LogP contribution >= 0.6 is 24.0 Å². The van der Waals surface area contributed by atoms with Crippen LogP contribution in [-0.2, 0) is 6.54 Å². The topological polar surface area (TPSA) is 55.8 Å². The number of terminal acetylenes is 1. The zero-order valence-corrected chi connectivity index (χ0v) is 19.5. The van der Waals surface area contributed by atoms with Crippen molar-refractivity contribution >= 4 is 41.4 Å². The number of rotatable bonds is 6. The van der Waals surface area contributed by atoms with Gasteiger partial charge in [-0.3, -0.25) is 0 Å². The maximum absolute atomic E-state index is 13.1. The van der Waals surface area contributed by atoms with E-state index in [1.807, 2.05) is 31.3 Å². The molecule has 1 aromatic carbocycles. The molecule has 0 bridgehead atoms. The van der Waals surface area contributed by atoms with Gasteiger partial charge in [-0.2, -0.15) is 0 Å². The van der Waals surface area contributed by atoms with Crippen LogP contribution in [0, 0.1) is 18.2 Å². The van der Waals surface area contributed by atoms with Gasteiger partial charge in [-0.15, -0.1) is 30.4 Å². The van der Waals surface area contributed by atoms with E-state index in [1.165, 1.54) is 12.1 Å². The molecule has 3 rings (SSSR count). The number of anilines is 2. The lowest BCUT2D eigenvalue weighted by molar-refractivity contribution is 0.624. The maximum atomic E-state index is 13.1. The summed E-state index contributed by atoms with van der Waals surface area (Å²) in [5.41, 5.74) is 2.14. The lowest BCUT2D eigenvalue weighted by Gasteiger charge is -2.36. The molecule has 1 aliphatic rings. The molecule has 0 radical (unpaired) electrons. The van der Waals surface area contributed by atoms with Gasteiger partial charge in [0.15, 0.2) is 5.96 Å². The van der Waals surface area contributed by atoms with Gasteiger partial charge in [0.2, 0.25) is 0 Å². The van der Waals surface area contributed by atoms with Crippen LogP contribution in [0.1, 0.15) is 12.5 Å². The van der Waals surface area contributed by atoms with E-state index in [0.717, 1.165) is 49.8 Å². The molecule has 0 saturated carbocycles. The van der Waals surface area contributed by atoms with E-state index < -0.39 is 0 Å². The smallest absolute Gasteiger partial charge is 0.192 e. The third-order valence-corrected chi connectivity index (χ3v) is 4.73. The number of hydrogen-bond donors (Lipinski definition) is 2. The average molecular weight is 522 g/mol. The van der Waals surface area contributed by atoms with E-state index >= 15 is 0 Å². The van der Waals surface area contributed by atoms with Gasteiger partial charge in [-0.05, 0) is 48.9 Å². The van der Waals surface area contributed by atoms with Gasteiger partial charge >= 0.3 is 0 Å². The van der Waals surface area contributed by atoms with Crippen molar-refractivity contribution in [1.29, 1.82) is 0 Å². The monoisotopic (exact) mass is 522 g/mol. The van der Waals surface area contributed by atoms with Crippen LogP contribution in [0.15, 0.2) is 47.6 Å². The van der Waals surface area contributed by atoms with Crippen molar-refractivity contribution in [1.82, 2.24) is 15.6 Å². The summed E-state index contributed by atoms with van der Waals surface area (Å²) in [6, 6.07) is 10.7. The molecule has 0 atom stereocenters. The fourth-order valence-electron chi connectivity index (χ4n) is 3.22. The van der Waals surface area contributed by atoms with Crippen LogP contribution < -0.4 is 20.4 Å². The fraction of sp³-hybridized carbons (Fsp3) is 0.364. The zero-order chi connectivity index (χ0) is 20.5. The first-order chi connectivity index (χ1) is 14.2. The molecule has 1 aliphatic heterocycles. The second-order valence-electron chi connectivity index (χ2n) is 6.73. The molecule has 2 aromatic rings. The Hall–Kier alpha value is -2.54. The Labute approximate surface area is 195 Å². The minimum absolute atomic E-state index is 0. The summed E-state index contributed by atoms with van der Waals surface area (Å²) in [5.74, 6) is 4.01. The Kier molecular flexibility index (Phi) is 9.67. The molecule has 0 aliphatic carbocycles. The predicted molar refractivity (Wildman–Crippen MR) is 132 cm³/mol. The number of piperazine rings is 1. The summed E-state index contributed by atoms with van der Waals surface area (Å²) in [6.07, 6.45) is 7.13. The Bertz CT molecular complexity index is 857. The van der Waals surface area contributed by atoms with Crippen molar-refractivity contribution in [3.63, 3.8) is 0 Å². The van der Waals surface area contributed by atoms with E-state index in [-0.39, 0.29) is 29.8 Å². The first kappa shape index (κ1) is 23.7. The van der Waals surface area contributed by atoms with Crippen LogP contribution in [0.3, 0.4) is 0 Å². The minimum Gasteiger partial charge on any atom is -0.368 e. The van der Waals surface area contributed by atoms with Gasteiger partial charge in [0.1, 0.15) is 11.6 Å². The highest BCUT2D eigenvalue weighted by molar-refractivity contribution is 14.0. The number of guanidine groups is 1. The highest BCUT2D eigenvalue weighted by Crippen LogP contribution is 2.20. The second kappa shape index (κ2) is 12.2. The van der Waals surface area contributed by atoms with Crippen molar-refractivity contribution in [3.05, 3.63) is 54.0 Å². The molecule has 6 nitrogen and oxygen atoms in total. The predicted octanol–water partition coefficient (Wildman–Crippen LogP) is 2.85. The lowest BCUT2D eigenvalue weighted by atomic mass is 10.2. The third-order valence-electron chi connectivity index (χ3n) is 4.73. The van der Waals surface area contributed by atoms with Gasteiger partial charge in [-0.25, -0.2) is 14.4 Å². The number of nitrogens with one attached hydrogen (secondary N) is 2. The van der Waals surface area contributed by atoms with E-state index in [2.05, 4.69) is 42.4 Å². The molecule has 30 heavy (non-hydrogen) atoms. The second-order valence-corrected chi connectivity index (χ2v) is 6.73. The number of pyridine rings is 1. The highest BCUT2D eigenvalue weighted by atomic mass is 127. The fourth-order valence-corrected chi connectivity index (χ4v) is 3.22. The molecule has 0 spiro atoms. The Balaban J connectivity index is 0.00000320. The molecular formula is C22H28FIN6. The highest BCUT2D eigenvalue weighted by Gasteiger charge is 2.18. The number of aromatic nitrogens is 1. The number of hydrogen-bond acceptors (Lipinski definition) is 4. The standard InChI is InChI=1S/C22H27FN6.HI/c1-3-10-26-22(24-4-2)27-17-18-9-11-25-21(16-18)29-14-12-28(13-15-29)20-7-5-19(23)6-8-20;/h1,5-9,11,16H,4,10,12-15,17H2,2H3,(H2,24,26,27);1H. The van der Waals surface area contributed by atoms with Gasteiger partial charge in [-0.1, -0.05) is 5.92 Å². The van der Waals surface area contributed by atoms with Crippen LogP contribution in [0.25, 0.3) is 0 Å². The first-order valence-corrected chi connectivity index (χ1v) is 9.85. The molecule has 2 N–H and O–H groups in total. The van der Waals surface area contributed by atoms with Crippen molar-refractivity contribution in [3.8, 4) is 12.3 Å². The molecule has 1 fully saturated rings. The van der Waals surface area contributed by atoms with Gasteiger partial charge in [0.25, 0.3) is 0 Å². The molecule has 160 valence electrons. The summed E-state index contributed by atoms with van der Waals surface area (Å²) < 4.78 is 13.1. The normalized spacial score (nSPS) is 14.0. The molecule has 0 unspecified atom stereocenters. The third kappa shape index (κ3) is 6.76. The number of halogens is 2. The molecule has 1 aromatic heterocycles. The Morgan fingerprint density at radius 2 is 1.83 bits per heavy atom. The summed E-state index contributed by atoms with van der Waals surface area (Å²) >= 11 is 0. The number of nitrogens with zero attached hydrogens (tertiary/aromatic N) is 4. The molecule has 0 amide bonds. The molecule has 2 heterocycles. The van der Waals surface area contributed by atoms with Gasteiger partial charge in [0.05, 0.1) is 13.1 Å². The quantitative estimate of drug-likeness (QED) is 0.265. The molecule has 1 saturated heterocycles. The number of aliphatic imine (C=N–C) groups is 1. The van der Waals surface area contributed by atoms with Crippen LogP contribution in [-0.4, -0.2) is 50.2 Å². The van der Waals surface area contributed by atoms with Crippen LogP contribution in [0.4, 0.5) is 15.9 Å². The van der Waals surface area contributed by atoms with Gasteiger partial charge < -0.3 is 20.4 Å². The van der Waals surface area contributed by atoms with Crippen molar-refractivity contribution < 1.29 is 4.39 Å². The molecule has 8 heteroatoms. The summed E-state index contributed by atoms with van der Waals surface area (Å²) in [7, 11) is 0. The van der Waals surface area contributed by atoms with E-state index in [1.54, 1.807) is 0 Å². The van der Waals surface area contributed by atoms with E-state index in [0.29, 0.717) is 19.0 Å². The zero-order valence-electron chi connectivity index (χ0n) is 17.1. The lowest BCUT2D eigenvalue weighted by Crippen LogP contribution is -2.46. The summed E-state index contributed by atoms with van der Waals surface area (Å²) in [4.78, 5) is 13.7.